The zero-order valence-electron chi connectivity index (χ0n) is 24.1. The maximum Gasteiger partial charge on any atom is 0.231 e. The van der Waals surface area contributed by atoms with Crippen LogP contribution < -0.4 is 4.90 Å². The lowest BCUT2D eigenvalue weighted by atomic mass is 9.85. The minimum atomic E-state index is -0.807. The first-order valence-electron chi connectivity index (χ1n) is 14.7. The van der Waals surface area contributed by atoms with Crippen molar-refractivity contribution in [3.8, 4) is 0 Å². The summed E-state index contributed by atoms with van der Waals surface area (Å²) in [5.74, 6) is 0.222. The maximum atomic E-state index is 13.7. The van der Waals surface area contributed by atoms with Crippen molar-refractivity contribution in [2.24, 2.45) is 11.3 Å². The number of hydrogen-bond acceptors (Lipinski definition) is 4. The first-order valence-corrected chi connectivity index (χ1v) is 15.1. The number of halogens is 1. The summed E-state index contributed by atoms with van der Waals surface area (Å²) >= 11 is 6.34. The highest BCUT2D eigenvalue weighted by atomic mass is 35.5. The second kappa shape index (κ2) is 11.8. The van der Waals surface area contributed by atoms with Gasteiger partial charge < -0.3 is 19.8 Å². The van der Waals surface area contributed by atoms with E-state index in [-0.39, 0.29) is 41.8 Å². The second-order valence-corrected chi connectivity index (χ2v) is 13.9. The number of anilines is 1. The van der Waals surface area contributed by atoms with Crippen molar-refractivity contribution in [3.63, 3.8) is 0 Å². The summed E-state index contributed by atoms with van der Waals surface area (Å²) in [7, 11) is 0. The molecule has 38 heavy (non-hydrogen) atoms. The summed E-state index contributed by atoms with van der Waals surface area (Å²) in [5, 5.41) is 10.7. The number of nitrogens with zero attached hydrogens (tertiary/aromatic N) is 3. The number of benzene rings is 1. The van der Waals surface area contributed by atoms with Crippen LogP contribution in [0.15, 0.2) is 18.2 Å². The summed E-state index contributed by atoms with van der Waals surface area (Å²) < 4.78 is 0. The quantitative estimate of drug-likeness (QED) is 0.470. The molecule has 1 N–H and O–H groups in total. The van der Waals surface area contributed by atoms with Crippen molar-refractivity contribution in [3.05, 3.63) is 28.8 Å². The number of aliphatic hydroxyl groups excluding tert-OH is 1. The van der Waals surface area contributed by atoms with E-state index in [1.807, 2.05) is 24.8 Å². The molecule has 2 aliphatic heterocycles. The molecule has 1 saturated carbocycles. The molecule has 3 aliphatic rings. The minimum absolute atomic E-state index is 0.0293. The van der Waals surface area contributed by atoms with E-state index in [1.165, 1.54) is 24.1 Å². The van der Waals surface area contributed by atoms with E-state index in [0.717, 1.165) is 50.1 Å². The lowest BCUT2D eigenvalue weighted by Gasteiger charge is -2.40. The van der Waals surface area contributed by atoms with Crippen LogP contribution in [0.4, 0.5) is 5.69 Å². The molecule has 2 saturated heterocycles. The van der Waals surface area contributed by atoms with Crippen molar-refractivity contribution in [2.45, 2.75) is 103 Å². The summed E-state index contributed by atoms with van der Waals surface area (Å²) in [4.78, 5) is 33.9. The van der Waals surface area contributed by atoms with Gasteiger partial charge in [0.1, 0.15) is 0 Å². The normalized spacial score (nSPS) is 23.6. The highest BCUT2D eigenvalue weighted by molar-refractivity contribution is 6.30. The highest BCUT2D eigenvalue weighted by Gasteiger charge is 2.43. The van der Waals surface area contributed by atoms with Crippen molar-refractivity contribution < 1.29 is 14.7 Å². The fraction of sp³-hybridized carbons (Fsp3) is 0.742. The number of likely N-dealkylation sites (tertiary alicyclic amines) is 1. The molecule has 0 bridgehead atoms. The van der Waals surface area contributed by atoms with Gasteiger partial charge in [-0.05, 0) is 68.7 Å². The first kappa shape index (κ1) is 29.2. The fourth-order valence-corrected chi connectivity index (χ4v) is 6.75. The van der Waals surface area contributed by atoms with Crippen LogP contribution in [0, 0.1) is 11.3 Å². The standard InChI is InChI=1S/C31H48ClN3O3/c1-30(2,3)26-18-23(32)12-13-27(26)33-16-14-22(19-33)28(37)34-17-15-25(20-34)35(29(38)31(4,5)21-36)24-10-8-6-7-9-11-24/h12-13,18,22,24-25,36H,6-11,14-17,19-21H2,1-5H3/t22-,25-/m0/s1. The van der Waals surface area contributed by atoms with Gasteiger partial charge in [0.05, 0.1) is 24.0 Å². The maximum absolute atomic E-state index is 13.7. The lowest BCUT2D eigenvalue weighted by Crippen LogP contribution is -2.54. The van der Waals surface area contributed by atoms with Crippen molar-refractivity contribution in [1.82, 2.24) is 9.80 Å². The third-order valence-corrected chi connectivity index (χ3v) is 9.18. The predicted molar refractivity (Wildman–Crippen MR) is 155 cm³/mol. The monoisotopic (exact) mass is 545 g/mol. The molecule has 2 heterocycles. The number of carbonyl (C=O) groups excluding carboxylic acids is 2. The van der Waals surface area contributed by atoms with E-state index in [2.05, 4.69) is 42.7 Å². The zero-order valence-corrected chi connectivity index (χ0v) is 24.9. The van der Waals surface area contributed by atoms with Crippen LogP contribution in [-0.2, 0) is 15.0 Å². The molecule has 3 fully saturated rings. The average molecular weight is 546 g/mol. The number of aliphatic hydroxyl groups is 1. The molecule has 0 aromatic heterocycles. The van der Waals surface area contributed by atoms with E-state index < -0.39 is 5.41 Å². The molecule has 1 aromatic rings. The Morgan fingerprint density at radius 2 is 1.63 bits per heavy atom. The van der Waals surface area contributed by atoms with Crippen LogP contribution >= 0.6 is 11.6 Å². The third kappa shape index (κ3) is 6.33. The third-order valence-electron chi connectivity index (χ3n) is 8.94. The molecular formula is C31H48ClN3O3. The van der Waals surface area contributed by atoms with Gasteiger partial charge in [0, 0.05) is 42.9 Å². The van der Waals surface area contributed by atoms with Gasteiger partial charge in [-0.1, -0.05) is 58.1 Å². The highest BCUT2D eigenvalue weighted by Crippen LogP contribution is 2.37. The van der Waals surface area contributed by atoms with E-state index in [1.54, 1.807) is 0 Å². The Morgan fingerprint density at radius 1 is 0.947 bits per heavy atom. The molecule has 1 aromatic carbocycles. The van der Waals surface area contributed by atoms with Crippen LogP contribution in [-0.4, -0.2) is 71.6 Å². The second-order valence-electron chi connectivity index (χ2n) is 13.5. The number of rotatable bonds is 6. The summed E-state index contributed by atoms with van der Waals surface area (Å²) in [6.45, 7) is 13.0. The summed E-state index contributed by atoms with van der Waals surface area (Å²) in [5.41, 5.74) is 1.54. The Bertz CT molecular complexity index is 997. The van der Waals surface area contributed by atoms with Gasteiger partial charge >= 0.3 is 0 Å². The van der Waals surface area contributed by atoms with Crippen molar-refractivity contribution in [1.29, 1.82) is 0 Å². The molecule has 4 rings (SSSR count). The number of amides is 2. The summed E-state index contributed by atoms with van der Waals surface area (Å²) in [6.07, 6.45) is 8.43. The topological polar surface area (TPSA) is 64.1 Å². The molecular weight excluding hydrogens is 498 g/mol. The van der Waals surface area contributed by atoms with Crippen LogP contribution in [0.3, 0.4) is 0 Å². The molecule has 2 amide bonds. The van der Waals surface area contributed by atoms with Crippen LogP contribution in [0.2, 0.25) is 5.02 Å². The first-order chi connectivity index (χ1) is 17.9. The molecule has 0 unspecified atom stereocenters. The van der Waals surface area contributed by atoms with Gasteiger partial charge in [-0.2, -0.15) is 0 Å². The van der Waals surface area contributed by atoms with E-state index in [4.69, 9.17) is 11.6 Å². The van der Waals surface area contributed by atoms with Gasteiger partial charge in [0.2, 0.25) is 11.8 Å². The van der Waals surface area contributed by atoms with Crippen molar-refractivity contribution in [2.75, 3.05) is 37.7 Å². The Hall–Kier alpha value is -1.79. The van der Waals surface area contributed by atoms with Gasteiger partial charge in [0.15, 0.2) is 0 Å². The molecule has 212 valence electrons. The number of carbonyl (C=O) groups is 2. The van der Waals surface area contributed by atoms with E-state index in [0.29, 0.717) is 19.6 Å². The van der Waals surface area contributed by atoms with Crippen LogP contribution in [0.5, 0.6) is 0 Å². The van der Waals surface area contributed by atoms with E-state index in [9.17, 15) is 14.7 Å². The Morgan fingerprint density at radius 3 is 2.26 bits per heavy atom. The Balaban J connectivity index is 1.46. The molecule has 2 atom stereocenters. The largest absolute Gasteiger partial charge is 0.395 e. The van der Waals surface area contributed by atoms with Crippen molar-refractivity contribution >= 4 is 29.1 Å². The SMILES string of the molecule is CC(C)(CO)C(=O)N(C1CCCCCC1)[C@H]1CCN(C(=O)[C@H]2CCN(c3ccc(Cl)cc3C(C)(C)C)C2)C1. The average Bonchev–Trinajstić information content (AvgIpc) is 3.48. The van der Waals surface area contributed by atoms with Gasteiger partial charge in [-0.3, -0.25) is 9.59 Å². The molecule has 0 spiro atoms. The Labute approximate surface area is 234 Å². The molecule has 1 aliphatic carbocycles. The zero-order chi connectivity index (χ0) is 27.7. The number of hydrogen-bond donors (Lipinski definition) is 1. The summed E-state index contributed by atoms with van der Waals surface area (Å²) in [6, 6.07) is 6.34. The Kier molecular flexibility index (Phi) is 9.03. The van der Waals surface area contributed by atoms with Crippen LogP contribution in [0.25, 0.3) is 0 Å². The molecule has 0 radical (unpaired) electrons. The van der Waals surface area contributed by atoms with Gasteiger partial charge in [-0.25, -0.2) is 0 Å². The molecule has 7 heteroatoms. The van der Waals surface area contributed by atoms with E-state index >= 15 is 0 Å². The fourth-order valence-electron chi connectivity index (χ4n) is 6.58. The smallest absolute Gasteiger partial charge is 0.231 e. The minimum Gasteiger partial charge on any atom is -0.395 e. The molecule has 6 nitrogen and oxygen atoms in total. The van der Waals surface area contributed by atoms with Gasteiger partial charge in [0.25, 0.3) is 0 Å². The lowest BCUT2D eigenvalue weighted by molar-refractivity contribution is -0.148. The van der Waals surface area contributed by atoms with Crippen LogP contribution in [0.1, 0.15) is 91.5 Å². The van der Waals surface area contributed by atoms with Gasteiger partial charge in [-0.15, -0.1) is 0 Å². The predicted octanol–water partition coefficient (Wildman–Crippen LogP) is 5.63.